The second kappa shape index (κ2) is 5.90. The summed E-state index contributed by atoms with van der Waals surface area (Å²) in [6.45, 7) is 0.679. The summed E-state index contributed by atoms with van der Waals surface area (Å²) in [6, 6.07) is 1.36. The van der Waals surface area contributed by atoms with E-state index in [9.17, 15) is 13.6 Å². The van der Waals surface area contributed by atoms with Crippen molar-refractivity contribution in [1.29, 1.82) is 0 Å². The largest absolute Gasteiger partial charge is 0.337 e. The van der Waals surface area contributed by atoms with Gasteiger partial charge in [0.05, 0.1) is 16.9 Å². The van der Waals surface area contributed by atoms with Crippen LogP contribution in [0.1, 0.15) is 22.0 Å². The van der Waals surface area contributed by atoms with E-state index < -0.39 is 17.5 Å². The van der Waals surface area contributed by atoms with Gasteiger partial charge < -0.3 is 15.2 Å². The summed E-state index contributed by atoms with van der Waals surface area (Å²) in [7, 11) is 1.85. The molecule has 3 rings (SSSR count). The summed E-state index contributed by atoms with van der Waals surface area (Å²) in [4.78, 5) is 18.1. The molecule has 1 aromatic carbocycles. The van der Waals surface area contributed by atoms with Crippen molar-refractivity contribution in [1.82, 2.24) is 14.5 Å². The molecule has 2 heterocycles. The van der Waals surface area contributed by atoms with Crippen molar-refractivity contribution in [2.24, 2.45) is 12.8 Å². The number of amides is 1. The third kappa shape index (κ3) is 2.82. The topological polar surface area (TPSA) is 64.2 Å². The van der Waals surface area contributed by atoms with Crippen LogP contribution in [0.15, 0.2) is 24.7 Å². The van der Waals surface area contributed by atoms with Gasteiger partial charge in [-0.1, -0.05) is 11.6 Å². The van der Waals surface area contributed by atoms with Crippen molar-refractivity contribution >= 4 is 17.5 Å². The molecule has 2 aromatic rings. The fourth-order valence-corrected chi connectivity index (χ4v) is 3.12. The van der Waals surface area contributed by atoms with Gasteiger partial charge in [0, 0.05) is 44.0 Å². The second-order valence-corrected chi connectivity index (χ2v) is 6.06. The van der Waals surface area contributed by atoms with Gasteiger partial charge in [-0.3, -0.25) is 4.79 Å². The zero-order chi connectivity index (χ0) is 16.7. The molecule has 0 spiro atoms. The standard InChI is InChI=1S/C15H15ClF2N4O/c1-21-7-20-4-14(21)9-5-22(6-13(9)19)15(23)8-2-11(17)12(18)3-10(8)16/h2-4,7,9,13H,5-6,19H2,1H3/t9-,13-/m1/s1. The lowest BCUT2D eigenvalue weighted by Crippen LogP contribution is -2.32. The minimum absolute atomic E-state index is 0.0663. The first-order valence-electron chi connectivity index (χ1n) is 7.04. The van der Waals surface area contributed by atoms with Crippen LogP contribution in [-0.4, -0.2) is 39.5 Å². The lowest BCUT2D eigenvalue weighted by molar-refractivity contribution is 0.0788. The SMILES string of the molecule is Cn1cncc1[C@@H]1CN(C(=O)c2cc(F)c(F)cc2Cl)C[C@H]1N. The van der Waals surface area contributed by atoms with E-state index in [1.54, 1.807) is 12.5 Å². The number of likely N-dealkylation sites (tertiary alicyclic amines) is 1. The zero-order valence-electron chi connectivity index (χ0n) is 12.3. The van der Waals surface area contributed by atoms with Crippen molar-refractivity contribution in [2.45, 2.75) is 12.0 Å². The second-order valence-electron chi connectivity index (χ2n) is 5.66. The fourth-order valence-electron chi connectivity index (χ4n) is 2.89. The van der Waals surface area contributed by atoms with Crippen molar-refractivity contribution in [3.63, 3.8) is 0 Å². The van der Waals surface area contributed by atoms with Gasteiger partial charge in [0.25, 0.3) is 5.91 Å². The Balaban J connectivity index is 1.85. The summed E-state index contributed by atoms with van der Waals surface area (Å²) < 4.78 is 28.4. The predicted molar refractivity (Wildman–Crippen MR) is 81.2 cm³/mol. The van der Waals surface area contributed by atoms with Crippen molar-refractivity contribution in [3.05, 3.63) is 52.6 Å². The van der Waals surface area contributed by atoms with E-state index in [4.69, 9.17) is 17.3 Å². The average Bonchev–Trinajstić information content (AvgIpc) is 3.08. The number of hydrogen-bond acceptors (Lipinski definition) is 3. The van der Waals surface area contributed by atoms with Gasteiger partial charge in [-0.05, 0) is 12.1 Å². The van der Waals surface area contributed by atoms with Crippen LogP contribution in [0.5, 0.6) is 0 Å². The average molecular weight is 341 g/mol. The number of imidazole rings is 1. The molecule has 2 N–H and O–H groups in total. The minimum atomic E-state index is -1.11. The number of hydrogen-bond donors (Lipinski definition) is 1. The Morgan fingerprint density at radius 3 is 2.70 bits per heavy atom. The Bertz CT molecular complexity index is 764. The first kappa shape index (κ1) is 15.9. The van der Waals surface area contributed by atoms with E-state index in [-0.39, 0.29) is 22.5 Å². The van der Waals surface area contributed by atoms with Gasteiger partial charge in [-0.25, -0.2) is 13.8 Å². The number of carbonyl (C=O) groups excluding carboxylic acids is 1. The van der Waals surface area contributed by atoms with Gasteiger partial charge in [0.1, 0.15) is 0 Å². The third-order valence-electron chi connectivity index (χ3n) is 4.13. The van der Waals surface area contributed by atoms with E-state index in [1.165, 1.54) is 4.90 Å². The highest BCUT2D eigenvalue weighted by atomic mass is 35.5. The van der Waals surface area contributed by atoms with Crippen LogP contribution in [-0.2, 0) is 7.05 Å². The lowest BCUT2D eigenvalue weighted by Gasteiger charge is -2.17. The van der Waals surface area contributed by atoms with Gasteiger partial charge in [0.2, 0.25) is 0 Å². The van der Waals surface area contributed by atoms with Crippen LogP contribution in [0.3, 0.4) is 0 Å². The molecular weight excluding hydrogens is 326 g/mol. The quantitative estimate of drug-likeness (QED) is 0.849. The number of carbonyl (C=O) groups is 1. The van der Waals surface area contributed by atoms with E-state index in [1.807, 2.05) is 11.6 Å². The summed E-state index contributed by atoms with van der Waals surface area (Å²) >= 11 is 5.87. The van der Waals surface area contributed by atoms with E-state index >= 15 is 0 Å². The maximum absolute atomic E-state index is 13.4. The van der Waals surface area contributed by atoms with Crippen LogP contribution in [0.4, 0.5) is 8.78 Å². The summed E-state index contributed by atoms with van der Waals surface area (Å²) in [6.07, 6.45) is 3.38. The van der Waals surface area contributed by atoms with Crippen molar-refractivity contribution < 1.29 is 13.6 Å². The molecule has 1 fully saturated rings. The van der Waals surface area contributed by atoms with Crippen molar-refractivity contribution in [3.8, 4) is 0 Å². The van der Waals surface area contributed by atoms with Gasteiger partial charge in [0.15, 0.2) is 11.6 Å². The fraction of sp³-hybridized carbons (Fsp3) is 0.333. The molecular formula is C15H15ClF2N4O. The zero-order valence-corrected chi connectivity index (χ0v) is 13.1. The smallest absolute Gasteiger partial charge is 0.255 e. The first-order valence-corrected chi connectivity index (χ1v) is 7.42. The van der Waals surface area contributed by atoms with Crippen molar-refractivity contribution in [2.75, 3.05) is 13.1 Å². The molecule has 1 aliphatic heterocycles. The van der Waals surface area contributed by atoms with Crippen LogP contribution in [0, 0.1) is 11.6 Å². The Hall–Kier alpha value is -1.99. The maximum atomic E-state index is 13.4. The Kier molecular flexibility index (Phi) is 4.08. The third-order valence-corrected chi connectivity index (χ3v) is 4.44. The van der Waals surface area contributed by atoms with Crippen LogP contribution < -0.4 is 5.73 Å². The molecule has 23 heavy (non-hydrogen) atoms. The Labute approximate surface area is 136 Å². The number of aromatic nitrogens is 2. The molecule has 0 unspecified atom stereocenters. The number of halogens is 3. The summed E-state index contributed by atoms with van der Waals surface area (Å²) in [5, 5.41) is -0.119. The Morgan fingerprint density at radius 2 is 2.04 bits per heavy atom. The Morgan fingerprint density at radius 1 is 1.35 bits per heavy atom. The molecule has 0 aliphatic carbocycles. The highest BCUT2D eigenvalue weighted by Gasteiger charge is 2.36. The normalized spacial score (nSPS) is 21.0. The molecule has 1 aliphatic rings. The molecule has 8 heteroatoms. The van der Waals surface area contributed by atoms with Gasteiger partial charge in [-0.15, -0.1) is 0 Å². The number of nitrogens with zero attached hydrogens (tertiary/aromatic N) is 3. The molecule has 1 amide bonds. The van der Waals surface area contributed by atoms with Crippen LogP contribution in [0.2, 0.25) is 5.02 Å². The van der Waals surface area contributed by atoms with Crippen LogP contribution in [0.25, 0.3) is 0 Å². The summed E-state index contributed by atoms with van der Waals surface area (Å²) in [5.74, 6) is -2.73. The molecule has 2 atom stereocenters. The molecule has 0 saturated carbocycles. The highest BCUT2D eigenvalue weighted by molar-refractivity contribution is 6.33. The number of nitrogens with two attached hydrogens (primary N) is 1. The maximum Gasteiger partial charge on any atom is 0.255 e. The molecule has 0 radical (unpaired) electrons. The molecule has 1 aromatic heterocycles. The molecule has 5 nitrogen and oxygen atoms in total. The monoisotopic (exact) mass is 340 g/mol. The molecule has 1 saturated heterocycles. The van der Waals surface area contributed by atoms with Gasteiger partial charge >= 0.3 is 0 Å². The highest BCUT2D eigenvalue weighted by Crippen LogP contribution is 2.29. The number of aryl methyl sites for hydroxylation is 1. The minimum Gasteiger partial charge on any atom is -0.337 e. The van der Waals surface area contributed by atoms with E-state index in [2.05, 4.69) is 4.98 Å². The predicted octanol–water partition coefficient (Wildman–Crippen LogP) is 1.92. The number of rotatable bonds is 2. The van der Waals surface area contributed by atoms with E-state index in [0.29, 0.717) is 13.1 Å². The molecule has 122 valence electrons. The number of benzene rings is 1. The van der Waals surface area contributed by atoms with Gasteiger partial charge in [-0.2, -0.15) is 0 Å². The van der Waals surface area contributed by atoms with Crippen LogP contribution >= 0.6 is 11.6 Å². The van der Waals surface area contributed by atoms with E-state index in [0.717, 1.165) is 17.8 Å². The molecule has 0 bridgehead atoms. The first-order chi connectivity index (χ1) is 10.9. The summed E-state index contributed by atoms with van der Waals surface area (Å²) in [5.41, 5.74) is 6.99. The lowest BCUT2D eigenvalue weighted by atomic mass is 10.0.